The first kappa shape index (κ1) is 13.2. The van der Waals surface area contributed by atoms with Crippen molar-refractivity contribution < 1.29 is 4.84 Å². The van der Waals surface area contributed by atoms with Crippen molar-refractivity contribution >= 4 is 44.3 Å². The highest BCUT2D eigenvalue weighted by molar-refractivity contribution is 9.10. The Balaban J connectivity index is 1.91. The van der Waals surface area contributed by atoms with E-state index in [9.17, 15) is 0 Å². The summed E-state index contributed by atoms with van der Waals surface area (Å²) >= 11 is 11.1. The zero-order valence-electron chi connectivity index (χ0n) is 9.45. The normalized spacial score (nSPS) is 23.4. The fourth-order valence-corrected chi connectivity index (χ4v) is 3.30. The number of halogens is 2. The van der Waals surface area contributed by atoms with Crippen molar-refractivity contribution in [2.45, 2.75) is 24.7 Å². The summed E-state index contributed by atoms with van der Waals surface area (Å²) in [5.74, 6) is 1.36. The number of hydrogen-bond acceptors (Lipinski definition) is 3. The summed E-state index contributed by atoms with van der Waals surface area (Å²) in [7, 11) is 0. The van der Waals surface area contributed by atoms with E-state index in [1.54, 1.807) is 11.8 Å². The molecular formula is C12H13BrClNOS. The summed E-state index contributed by atoms with van der Waals surface area (Å²) < 4.78 is 1.13. The van der Waals surface area contributed by atoms with E-state index in [-0.39, 0.29) is 5.60 Å². The topological polar surface area (TPSA) is 21.6 Å². The number of hydrogen-bond donors (Lipinski definition) is 0. The van der Waals surface area contributed by atoms with E-state index in [1.165, 1.54) is 5.56 Å². The van der Waals surface area contributed by atoms with Crippen LogP contribution in [-0.4, -0.2) is 16.5 Å². The molecule has 0 saturated carbocycles. The molecule has 0 bridgehead atoms. The minimum atomic E-state index is -0.322. The van der Waals surface area contributed by atoms with Crippen molar-refractivity contribution in [2.75, 3.05) is 5.88 Å². The summed E-state index contributed by atoms with van der Waals surface area (Å²) in [6.07, 6.45) is 0.797. The van der Waals surface area contributed by atoms with E-state index in [0.29, 0.717) is 5.88 Å². The molecule has 17 heavy (non-hydrogen) atoms. The summed E-state index contributed by atoms with van der Waals surface area (Å²) in [4.78, 5) is 5.34. The van der Waals surface area contributed by atoms with Crippen molar-refractivity contribution in [2.24, 2.45) is 5.16 Å². The van der Waals surface area contributed by atoms with Crippen molar-refractivity contribution in [1.29, 1.82) is 0 Å². The second-order valence-electron chi connectivity index (χ2n) is 4.22. The Labute approximate surface area is 119 Å². The van der Waals surface area contributed by atoms with Crippen LogP contribution in [0.25, 0.3) is 0 Å². The predicted molar refractivity (Wildman–Crippen MR) is 77.7 cm³/mol. The smallest absolute Gasteiger partial charge is 0.154 e. The van der Waals surface area contributed by atoms with E-state index in [0.717, 1.165) is 21.7 Å². The van der Waals surface area contributed by atoms with Crippen molar-refractivity contribution in [3.05, 3.63) is 34.3 Å². The summed E-state index contributed by atoms with van der Waals surface area (Å²) in [6, 6.07) is 8.20. The SMILES string of the molecule is CC1(CCl)CC(SCc2ccccc2Br)=NO1. The lowest BCUT2D eigenvalue weighted by Crippen LogP contribution is -2.26. The quantitative estimate of drug-likeness (QED) is 0.763. The molecule has 0 fully saturated rings. The number of oxime groups is 1. The fourth-order valence-electron chi connectivity index (χ4n) is 1.47. The number of alkyl halides is 1. The Bertz CT molecular complexity index is 440. The summed E-state index contributed by atoms with van der Waals surface area (Å²) in [5.41, 5.74) is 0.942. The minimum Gasteiger partial charge on any atom is -0.387 e. The second-order valence-corrected chi connectivity index (χ2v) is 6.39. The molecular weight excluding hydrogens is 322 g/mol. The maximum absolute atomic E-state index is 5.84. The Morgan fingerprint density at radius 2 is 2.29 bits per heavy atom. The zero-order chi connectivity index (χ0) is 12.3. The maximum Gasteiger partial charge on any atom is 0.154 e. The molecule has 1 aromatic rings. The highest BCUT2D eigenvalue weighted by Crippen LogP contribution is 2.31. The van der Waals surface area contributed by atoms with Gasteiger partial charge >= 0.3 is 0 Å². The van der Waals surface area contributed by atoms with Gasteiger partial charge in [0.15, 0.2) is 5.60 Å². The maximum atomic E-state index is 5.84. The van der Waals surface area contributed by atoms with Crippen LogP contribution in [0, 0.1) is 0 Å². The van der Waals surface area contributed by atoms with Gasteiger partial charge in [-0.2, -0.15) is 0 Å². The molecule has 2 rings (SSSR count). The molecule has 1 heterocycles. The molecule has 0 aromatic heterocycles. The second kappa shape index (κ2) is 5.63. The predicted octanol–water partition coefficient (Wildman–Crippen LogP) is 4.41. The summed E-state index contributed by atoms with van der Waals surface area (Å²) in [5, 5.41) is 5.10. The van der Waals surface area contributed by atoms with E-state index in [4.69, 9.17) is 16.4 Å². The first-order valence-corrected chi connectivity index (χ1v) is 7.61. The van der Waals surface area contributed by atoms with Crippen LogP contribution in [0.3, 0.4) is 0 Å². The van der Waals surface area contributed by atoms with Crippen LogP contribution in [0.1, 0.15) is 18.9 Å². The van der Waals surface area contributed by atoms with Crippen molar-refractivity contribution in [1.82, 2.24) is 0 Å². The minimum absolute atomic E-state index is 0.322. The molecule has 0 amide bonds. The summed E-state index contributed by atoms with van der Waals surface area (Å²) in [6.45, 7) is 1.98. The van der Waals surface area contributed by atoms with Crippen molar-refractivity contribution in [3.63, 3.8) is 0 Å². The van der Waals surface area contributed by atoms with E-state index >= 15 is 0 Å². The molecule has 1 aliphatic rings. The first-order valence-electron chi connectivity index (χ1n) is 5.30. The Kier molecular flexibility index (Phi) is 4.39. The fraction of sp³-hybridized carbons (Fsp3) is 0.417. The third kappa shape index (κ3) is 3.39. The zero-order valence-corrected chi connectivity index (χ0v) is 12.6. The first-order chi connectivity index (χ1) is 8.13. The third-order valence-corrected chi connectivity index (χ3v) is 4.87. The highest BCUT2D eigenvalue weighted by atomic mass is 79.9. The van der Waals surface area contributed by atoms with Crippen LogP contribution >= 0.6 is 39.3 Å². The third-order valence-electron chi connectivity index (χ3n) is 2.53. The van der Waals surface area contributed by atoms with Crippen molar-refractivity contribution in [3.8, 4) is 0 Å². The number of thioether (sulfide) groups is 1. The van der Waals surface area contributed by atoms with Crippen LogP contribution in [0.4, 0.5) is 0 Å². The van der Waals surface area contributed by atoms with Gasteiger partial charge in [-0.3, -0.25) is 0 Å². The standard InChI is InChI=1S/C12H13BrClNOS/c1-12(8-14)6-11(15-16-12)17-7-9-4-2-3-5-10(9)13/h2-5H,6-8H2,1H3. The van der Waals surface area contributed by atoms with Gasteiger partial charge in [-0.15, -0.1) is 23.4 Å². The van der Waals surface area contributed by atoms with Gasteiger partial charge < -0.3 is 4.84 Å². The van der Waals surface area contributed by atoms with Gasteiger partial charge in [0.1, 0.15) is 5.04 Å². The molecule has 5 heteroatoms. The number of nitrogens with zero attached hydrogens (tertiary/aromatic N) is 1. The molecule has 0 N–H and O–H groups in total. The molecule has 1 aliphatic heterocycles. The molecule has 0 spiro atoms. The molecule has 0 saturated heterocycles. The van der Waals surface area contributed by atoms with Gasteiger partial charge in [0.05, 0.1) is 5.88 Å². The Hall–Kier alpha value is -0.190. The van der Waals surface area contributed by atoms with Crippen LogP contribution in [0.5, 0.6) is 0 Å². The highest BCUT2D eigenvalue weighted by Gasteiger charge is 2.33. The lowest BCUT2D eigenvalue weighted by atomic mass is 10.1. The van der Waals surface area contributed by atoms with E-state index < -0.39 is 0 Å². The molecule has 1 atom stereocenters. The lowest BCUT2D eigenvalue weighted by molar-refractivity contribution is 0.0152. The Morgan fingerprint density at radius 1 is 1.53 bits per heavy atom. The Morgan fingerprint density at radius 3 is 2.94 bits per heavy atom. The van der Waals surface area contributed by atoms with Crippen LogP contribution in [0.2, 0.25) is 0 Å². The molecule has 1 unspecified atom stereocenters. The number of rotatable bonds is 3. The van der Waals surface area contributed by atoms with Gasteiger partial charge in [0, 0.05) is 16.6 Å². The van der Waals surface area contributed by atoms with Crippen LogP contribution in [0.15, 0.2) is 33.9 Å². The van der Waals surface area contributed by atoms with Gasteiger partial charge in [0.25, 0.3) is 0 Å². The molecule has 1 aromatic carbocycles. The van der Waals surface area contributed by atoms with Crippen LogP contribution < -0.4 is 0 Å². The number of benzene rings is 1. The molecule has 2 nitrogen and oxygen atoms in total. The van der Waals surface area contributed by atoms with Gasteiger partial charge in [-0.05, 0) is 18.6 Å². The largest absolute Gasteiger partial charge is 0.387 e. The average molecular weight is 335 g/mol. The van der Waals surface area contributed by atoms with E-state index in [2.05, 4.69) is 27.2 Å². The van der Waals surface area contributed by atoms with Gasteiger partial charge in [0.2, 0.25) is 0 Å². The van der Waals surface area contributed by atoms with E-state index in [1.807, 2.05) is 25.1 Å². The van der Waals surface area contributed by atoms with Gasteiger partial charge in [-0.25, -0.2) is 0 Å². The monoisotopic (exact) mass is 333 g/mol. The average Bonchev–Trinajstić information content (AvgIpc) is 2.71. The molecule has 92 valence electrons. The van der Waals surface area contributed by atoms with Crippen LogP contribution in [-0.2, 0) is 10.6 Å². The van der Waals surface area contributed by atoms with Gasteiger partial charge in [-0.1, -0.05) is 39.3 Å². The molecule has 0 aliphatic carbocycles. The molecule has 0 radical (unpaired) electrons. The lowest BCUT2D eigenvalue weighted by Gasteiger charge is -2.16.